The zero-order valence-corrected chi connectivity index (χ0v) is 37.1. The Bertz CT molecular complexity index is 3530. The smallest absolute Gasteiger partial charge is 0.238 e. The number of rotatable bonds is 6. The average Bonchev–Trinajstić information content (AvgIpc) is 3.84. The lowest BCUT2D eigenvalue weighted by atomic mass is 9.86. The molecule has 0 aliphatic heterocycles. The maximum Gasteiger partial charge on any atom is 0.238 e. The molecular formula is C59H49N5. The van der Waals surface area contributed by atoms with Gasteiger partial charge in [0.1, 0.15) is 0 Å². The van der Waals surface area contributed by atoms with Crippen molar-refractivity contribution in [1.82, 2.24) is 24.1 Å². The highest BCUT2D eigenvalue weighted by Crippen LogP contribution is 2.44. The van der Waals surface area contributed by atoms with Crippen molar-refractivity contribution in [2.24, 2.45) is 0 Å². The van der Waals surface area contributed by atoms with Gasteiger partial charge in [0.15, 0.2) is 11.6 Å². The summed E-state index contributed by atoms with van der Waals surface area (Å²) in [4.78, 5) is 15.9. The summed E-state index contributed by atoms with van der Waals surface area (Å²) in [7, 11) is 0. The molecule has 0 saturated heterocycles. The van der Waals surface area contributed by atoms with E-state index in [9.17, 15) is 0 Å². The average molecular weight is 828 g/mol. The van der Waals surface area contributed by atoms with Crippen LogP contribution < -0.4 is 0 Å². The number of para-hydroxylation sites is 1. The molecule has 0 aliphatic rings. The zero-order valence-electron chi connectivity index (χ0n) is 37.1. The molecule has 3 aromatic heterocycles. The molecule has 3 heterocycles. The van der Waals surface area contributed by atoms with Crippen molar-refractivity contribution in [2.45, 2.75) is 52.4 Å². The van der Waals surface area contributed by atoms with Crippen LogP contribution in [0.4, 0.5) is 0 Å². The molecule has 0 aliphatic carbocycles. The summed E-state index contributed by atoms with van der Waals surface area (Å²) in [6.07, 6.45) is 0. The van der Waals surface area contributed by atoms with E-state index in [1.807, 2.05) is 18.2 Å². The van der Waals surface area contributed by atoms with Crippen LogP contribution in [0.25, 0.3) is 100 Å². The van der Waals surface area contributed by atoms with Gasteiger partial charge in [0.2, 0.25) is 5.95 Å². The lowest BCUT2D eigenvalue weighted by molar-refractivity contribution is 0.591. The Balaban J connectivity index is 1.18. The van der Waals surface area contributed by atoms with Gasteiger partial charge in [-0.15, -0.1) is 0 Å². The Morgan fingerprint density at radius 1 is 0.344 bits per heavy atom. The molecule has 0 spiro atoms. The summed E-state index contributed by atoms with van der Waals surface area (Å²) in [5, 5.41) is 4.78. The summed E-state index contributed by atoms with van der Waals surface area (Å²) in [6, 6.07) is 67.4. The van der Waals surface area contributed by atoms with Gasteiger partial charge >= 0.3 is 0 Å². The summed E-state index contributed by atoms with van der Waals surface area (Å²) < 4.78 is 4.72. The van der Waals surface area contributed by atoms with Crippen LogP contribution in [-0.2, 0) is 10.8 Å². The zero-order chi connectivity index (χ0) is 43.7. The second-order valence-corrected chi connectivity index (χ2v) is 19.0. The van der Waals surface area contributed by atoms with Gasteiger partial charge in [0.05, 0.1) is 22.1 Å². The number of fused-ring (bicyclic) bond motifs is 7. The Kier molecular flexibility index (Phi) is 9.21. The van der Waals surface area contributed by atoms with E-state index in [4.69, 9.17) is 15.0 Å². The quantitative estimate of drug-likeness (QED) is 0.168. The lowest BCUT2D eigenvalue weighted by Gasteiger charge is -2.19. The first kappa shape index (κ1) is 39.2. The number of aromatic nitrogens is 5. The fraction of sp³-hybridized carbons (Fsp3) is 0.136. The number of nitrogens with zero attached hydrogens (tertiary/aromatic N) is 5. The fourth-order valence-electron chi connectivity index (χ4n) is 9.24. The van der Waals surface area contributed by atoms with Crippen molar-refractivity contribution >= 4 is 43.6 Å². The minimum absolute atomic E-state index is 0.00351. The molecule has 0 saturated carbocycles. The number of hydrogen-bond acceptors (Lipinski definition) is 3. The maximum absolute atomic E-state index is 5.41. The molecule has 0 radical (unpaired) electrons. The van der Waals surface area contributed by atoms with Gasteiger partial charge in [0, 0.05) is 38.4 Å². The van der Waals surface area contributed by atoms with Crippen LogP contribution in [-0.4, -0.2) is 24.1 Å². The Morgan fingerprint density at radius 3 is 1.45 bits per heavy atom. The second kappa shape index (κ2) is 15.0. The van der Waals surface area contributed by atoms with E-state index >= 15 is 0 Å². The topological polar surface area (TPSA) is 48.5 Å². The lowest BCUT2D eigenvalue weighted by Crippen LogP contribution is -2.10. The molecule has 11 aromatic rings. The molecule has 0 fully saturated rings. The first-order valence-electron chi connectivity index (χ1n) is 22.2. The molecule has 0 bridgehead atoms. The molecular weight excluding hydrogens is 779 g/mol. The first-order chi connectivity index (χ1) is 31.0. The van der Waals surface area contributed by atoms with E-state index in [2.05, 4.69) is 221 Å². The van der Waals surface area contributed by atoms with E-state index in [0.29, 0.717) is 17.6 Å². The van der Waals surface area contributed by atoms with Crippen molar-refractivity contribution in [3.05, 3.63) is 199 Å². The molecule has 0 atom stereocenters. The molecule has 310 valence electrons. The van der Waals surface area contributed by atoms with Crippen molar-refractivity contribution in [1.29, 1.82) is 0 Å². The first-order valence-corrected chi connectivity index (χ1v) is 22.2. The molecule has 5 heteroatoms. The molecule has 0 N–H and O–H groups in total. The van der Waals surface area contributed by atoms with Crippen LogP contribution in [0, 0.1) is 0 Å². The van der Waals surface area contributed by atoms with Crippen molar-refractivity contribution in [3.8, 4) is 56.7 Å². The van der Waals surface area contributed by atoms with Crippen LogP contribution in [0.15, 0.2) is 188 Å². The van der Waals surface area contributed by atoms with Gasteiger partial charge in [-0.1, -0.05) is 181 Å². The molecule has 0 unspecified atom stereocenters. The predicted molar refractivity (Wildman–Crippen MR) is 268 cm³/mol. The van der Waals surface area contributed by atoms with Crippen LogP contribution in [0.3, 0.4) is 0 Å². The third kappa shape index (κ3) is 6.76. The Morgan fingerprint density at radius 2 is 0.828 bits per heavy atom. The van der Waals surface area contributed by atoms with E-state index < -0.39 is 0 Å². The van der Waals surface area contributed by atoms with Crippen molar-refractivity contribution < 1.29 is 0 Å². The highest BCUT2D eigenvalue weighted by Gasteiger charge is 2.26. The van der Waals surface area contributed by atoms with Crippen LogP contribution in [0.1, 0.15) is 52.7 Å². The van der Waals surface area contributed by atoms with Gasteiger partial charge in [0.25, 0.3) is 0 Å². The second-order valence-electron chi connectivity index (χ2n) is 19.0. The minimum Gasteiger partial charge on any atom is -0.309 e. The third-order valence-corrected chi connectivity index (χ3v) is 12.7. The molecule has 8 aromatic carbocycles. The third-order valence-electron chi connectivity index (χ3n) is 12.7. The number of hydrogen-bond donors (Lipinski definition) is 0. The summed E-state index contributed by atoms with van der Waals surface area (Å²) in [6.45, 7) is 13.7. The van der Waals surface area contributed by atoms with Gasteiger partial charge in [-0.2, -0.15) is 9.97 Å². The SMILES string of the molecule is CC(C)(C)c1ccc2c(c1)c1c(ccc3c4cc(C(C)(C)C)ccc4n(-c4ccccc4)c31)n2-c1nc(-c2ccccc2)nc(-c2cccc(-c3ccc(-c4ccccc4)cc3)c2)n1. The van der Waals surface area contributed by atoms with Crippen molar-refractivity contribution in [2.75, 3.05) is 0 Å². The summed E-state index contributed by atoms with van der Waals surface area (Å²) >= 11 is 0. The molecule has 64 heavy (non-hydrogen) atoms. The highest BCUT2D eigenvalue weighted by molar-refractivity contribution is 6.26. The van der Waals surface area contributed by atoms with E-state index in [1.54, 1.807) is 0 Å². The predicted octanol–water partition coefficient (Wildman–Crippen LogP) is 15.3. The van der Waals surface area contributed by atoms with E-state index in [0.717, 1.165) is 44.4 Å². The Labute approximate surface area is 374 Å². The highest BCUT2D eigenvalue weighted by atomic mass is 15.2. The van der Waals surface area contributed by atoms with Gasteiger partial charge in [-0.25, -0.2) is 4.98 Å². The maximum atomic E-state index is 5.41. The number of benzene rings is 8. The minimum atomic E-state index is -0.0715. The Hall–Kier alpha value is -7.63. The van der Waals surface area contributed by atoms with Gasteiger partial charge < -0.3 is 4.57 Å². The standard InChI is InChI=1S/C59H49N5/c1-58(2,3)44-29-32-50-48(36-44)47-31-34-52-53(54(47)63(50)46-23-14-9-15-24-46)49-37-45(59(4,5)6)30-33-51(49)64(52)57-61-55(41-19-12-8-13-20-41)60-56(62-57)43-22-16-21-42(35-43)40-27-25-39(26-28-40)38-17-10-7-11-18-38/h7-37H,1-6H3. The van der Waals surface area contributed by atoms with Gasteiger partial charge in [-0.05, 0) is 92.7 Å². The van der Waals surface area contributed by atoms with E-state index in [-0.39, 0.29) is 10.8 Å². The van der Waals surface area contributed by atoms with E-state index in [1.165, 1.54) is 49.4 Å². The van der Waals surface area contributed by atoms with Crippen LogP contribution in [0.2, 0.25) is 0 Å². The normalized spacial score (nSPS) is 12.2. The summed E-state index contributed by atoms with van der Waals surface area (Å²) in [5.41, 5.74) is 14.5. The van der Waals surface area contributed by atoms with Crippen molar-refractivity contribution in [3.63, 3.8) is 0 Å². The van der Waals surface area contributed by atoms with Crippen LogP contribution in [0.5, 0.6) is 0 Å². The molecule has 0 amide bonds. The van der Waals surface area contributed by atoms with Gasteiger partial charge in [-0.3, -0.25) is 4.57 Å². The largest absolute Gasteiger partial charge is 0.309 e. The molecule has 11 rings (SSSR count). The van der Waals surface area contributed by atoms with Crippen LogP contribution >= 0.6 is 0 Å². The summed E-state index contributed by atoms with van der Waals surface area (Å²) in [5.74, 6) is 1.80. The monoisotopic (exact) mass is 827 g/mol. The fourth-order valence-corrected chi connectivity index (χ4v) is 9.24. The molecule has 5 nitrogen and oxygen atoms in total.